The molecule has 0 bridgehead atoms. The summed E-state index contributed by atoms with van der Waals surface area (Å²) in [6, 6.07) is 9.18. The van der Waals surface area contributed by atoms with E-state index in [0.29, 0.717) is 41.1 Å². The average Bonchev–Trinajstić information content (AvgIpc) is 3.16. The summed E-state index contributed by atoms with van der Waals surface area (Å²) in [5.74, 6) is 2.85. The first-order chi connectivity index (χ1) is 12.6. The Kier molecular flexibility index (Phi) is 5.06. The SMILES string of the molecule is COc1ccc(C2=NCC(c3cc(OC)c(OC)c(OC)c3)O2)cc1N. The van der Waals surface area contributed by atoms with E-state index in [0.717, 1.165) is 11.1 Å². The van der Waals surface area contributed by atoms with Crippen molar-refractivity contribution in [2.24, 2.45) is 4.99 Å². The molecule has 2 aromatic carbocycles. The Morgan fingerprint density at radius 2 is 1.58 bits per heavy atom. The van der Waals surface area contributed by atoms with Gasteiger partial charge < -0.3 is 29.4 Å². The molecule has 1 unspecified atom stereocenters. The smallest absolute Gasteiger partial charge is 0.216 e. The lowest BCUT2D eigenvalue weighted by Gasteiger charge is -2.17. The fraction of sp³-hybridized carbons (Fsp3) is 0.316. The number of hydrogen-bond donors (Lipinski definition) is 1. The molecule has 0 amide bonds. The van der Waals surface area contributed by atoms with Gasteiger partial charge in [0.05, 0.1) is 40.7 Å². The molecule has 0 aliphatic carbocycles. The lowest BCUT2D eigenvalue weighted by atomic mass is 10.1. The molecule has 0 aromatic heterocycles. The Hall–Kier alpha value is -3.09. The van der Waals surface area contributed by atoms with Crippen molar-refractivity contribution in [2.45, 2.75) is 6.10 Å². The summed E-state index contributed by atoms with van der Waals surface area (Å²) in [6.45, 7) is 0.486. The Morgan fingerprint density at radius 1 is 0.923 bits per heavy atom. The maximum Gasteiger partial charge on any atom is 0.216 e. The number of benzene rings is 2. The Bertz CT molecular complexity index is 810. The van der Waals surface area contributed by atoms with E-state index in [1.807, 2.05) is 18.2 Å². The van der Waals surface area contributed by atoms with Gasteiger partial charge in [-0.2, -0.15) is 0 Å². The van der Waals surface area contributed by atoms with Crippen molar-refractivity contribution in [1.29, 1.82) is 0 Å². The van der Waals surface area contributed by atoms with Gasteiger partial charge in [-0.1, -0.05) is 0 Å². The summed E-state index contributed by atoms with van der Waals surface area (Å²) >= 11 is 0. The molecule has 0 spiro atoms. The van der Waals surface area contributed by atoms with E-state index in [2.05, 4.69) is 4.99 Å². The lowest BCUT2D eigenvalue weighted by Crippen LogP contribution is -2.08. The van der Waals surface area contributed by atoms with Gasteiger partial charge in [-0.15, -0.1) is 0 Å². The van der Waals surface area contributed by atoms with Gasteiger partial charge in [-0.25, -0.2) is 4.99 Å². The molecule has 1 atom stereocenters. The maximum atomic E-state index is 6.04. The normalized spacial score (nSPS) is 15.8. The van der Waals surface area contributed by atoms with Crippen molar-refractivity contribution >= 4 is 11.6 Å². The molecule has 3 rings (SSSR count). The van der Waals surface area contributed by atoms with Gasteiger partial charge >= 0.3 is 0 Å². The van der Waals surface area contributed by atoms with Gasteiger partial charge in [-0.3, -0.25) is 0 Å². The van der Waals surface area contributed by atoms with Crippen molar-refractivity contribution in [2.75, 3.05) is 40.7 Å². The molecule has 2 aromatic rings. The van der Waals surface area contributed by atoms with Gasteiger partial charge in [0.1, 0.15) is 11.9 Å². The Labute approximate surface area is 152 Å². The number of rotatable bonds is 6. The first-order valence-electron chi connectivity index (χ1n) is 8.06. The first kappa shape index (κ1) is 17.7. The van der Waals surface area contributed by atoms with E-state index >= 15 is 0 Å². The highest BCUT2D eigenvalue weighted by molar-refractivity contribution is 5.96. The van der Waals surface area contributed by atoms with E-state index in [1.165, 1.54) is 0 Å². The van der Waals surface area contributed by atoms with Crippen LogP contribution in [-0.2, 0) is 4.74 Å². The largest absolute Gasteiger partial charge is 0.495 e. The summed E-state index contributed by atoms with van der Waals surface area (Å²) in [6.07, 6.45) is -0.248. The maximum absolute atomic E-state index is 6.04. The topological polar surface area (TPSA) is 84.5 Å². The van der Waals surface area contributed by atoms with Crippen LogP contribution in [0.25, 0.3) is 0 Å². The highest BCUT2D eigenvalue weighted by atomic mass is 16.5. The predicted molar refractivity (Wildman–Crippen MR) is 98.7 cm³/mol. The standard InChI is InChI=1S/C19H22N2O5/c1-22-14-6-5-11(7-13(14)20)19-21-10-17(26-19)12-8-15(23-2)18(25-4)16(9-12)24-3/h5-9,17H,10,20H2,1-4H3. The molecule has 138 valence electrons. The molecule has 0 saturated heterocycles. The van der Waals surface area contributed by atoms with E-state index in [4.69, 9.17) is 29.4 Å². The van der Waals surface area contributed by atoms with Gasteiger partial charge in [0.2, 0.25) is 11.6 Å². The van der Waals surface area contributed by atoms with E-state index in [9.17, 15) is 0 Å². The third-order valence-corrected chi connectivity index (χ3v) is 4.19. The van der Waals surface area contributed by atoms with Crippen molar-refractivity contribution in [3.05, 3.63) is 41.5 Å². The van der Waals surface area contributed by atoms with Crippen LogP contribution in [0.3, 0.4) is 0 Å². The zero-order valence-corrected chi connectivity index (χ0v) is 15.2. The van der Waals surface area contributed by atoms with Crippen LogP contribution in [0.4, 0.5) is 5.69 Å². The lowest BCUT2D eigenvalue weighted by molar-refractivity contribution is 0.228. The third kappa shape index (κ3) is 3.20. The monoisotopic (exact) mass is 358 g/mol. The summed E-state index contributed by atoms with van der Waals surface area (Å²) < 4.78 is 27.4. The van der Waals surface area contributed by atoms with Gasteiger partial charge in [-0.05, 0) is 30.3 Å². The quantitative estimate of drug-likeness (QED) is 0.800. The van der Waals surface area contributed by atoms with E-state index in [1.54, 1.807) is 40.6 Å². The number of anilines is 1. The van der Waals surface area contributed by atoms with E-state index < -0.39 is 0 Å². The number of nitrogens with two attached hydrogens (primary N) is 1. The number of nitrogens with zero attached hydrogens (tertiary/aromatic N) is 1. The number of hydrogen-bond acceptors (Lipinski definition) is 7. The molecule has 1 heterocycles. The minimum Gasteiger partial charge on any atom is -0.495 e. The molecule has 26 heavy (non-hydrogen) atoms. The fourth-order valence-corrected chi connectivity index (χ4v) is 2.86. The average molecular weight is 358 g/mol. The highest BCUT2D eigenvalue weighted by Gasteiger charge is 2.26. The molecule has 0 radical (unpaired) electrons. The highest BCUT2D eigenvalue weighted by Crippen LogP contribution is 2.41. The molecule has 0 fully saturated rings. The van der Waals surface area contributed by atoms with Crippen molar-refractivity contribution in [1.82, 2.24) is 0 Å². The third-order valence-electron chi connectivity index (χ3n) is 4.19. The van der Waals surface area contributed by atoms with Crippen LogP contribution in [0.15, 0.2) is 35.3 Å². The van der Waals surface area contributed by atoms with Crippen LogP contribution >= 0.6 is 0 Å². The number of methoxy groups -OCH3 is 4. The van der Waals surface area contributed by atoms with Crippen LogP contribution in [0, 0.1) is 0 Å². The zero-order chi connectivity index (χ0) is 18.7. The molecule has 7 nitrogen and oxygen atoms in total. The molecule has 2 N–H and O–H groups in total. The minimum atomic E-state index is -0.248. The van der Waals surface area contributed by atoms with Crippen molar-refractivity contribution < 1.29 is 23.7 Å². The molecular formula is C19H22N2O5. The van der Waals surface area contributed by atoms with Crippen LogP contribution in [-0.4, -0.2) is 40.9 Å². The minimum absolute atomic E-state index is 0.248. The Morgan fingerprint density at radius 3 is 2.12 bits per heavy atom. The molecule has 1 aliphatic rings. The predicted octanol–water partition coefficient (Wildman–Crippen LogP) is 2.82. The molecule has 7 heteroatoms. The van der Waals surface area contributed by atoms with E-state index in [-0.39, 0.29) is 6.10 Å². The molecule has 0 saturated carbocycles. The van der Waals surface area contributed by atoms with Crippen LogP contribution in [0.1, 0.15) is 17.2 Å². The summed E-state index contributed by atoms with van der Waals surface area (Å²) in [5, 5.41) is 0. The second-order valence-corrected chi connectivity index (χ2v) is 5.67. The number of aliphatic imine (C=N–C) groups is 1. The fourth-order valence-electron chi connectivity index (χ4n) is 2.86. The summed E-state index contributed by atoms with van der Waals surface area (Å²) in [4.78, 5) is 4.50. The number of ether oxygens (including phenoxy) is 5. The first-order valence-corrected chi connectivity index (χ1v) is 8.06. The van der Waals surface area contributed by atoms with Gasteiger partial charge in [0.25, 0.3) is 0 Å². The molecular weight excluding hydrogens is 336 g/mol. The summed E-state index contributed by atoms with van der Waals surface area (Å²) in [7, 11) is 6.31. The van der Waals surface area contributed by atoms with Crippen LogP contribution in [0.5, 0.6) is 23.0 Å². The van der Waals surface area contributed by atoms with Crippen molar-refractivity contribution in [3.63, 3.8) is 0 Å². The van der Waals surface area contributed by atoms with Crippen LogP contribution in [0.2, 0.25) is 0 Å². The van der Waals surface area contributed by atoms with Crippen molar-refractivity contribution in [3.8, 4) is 23.0 Å². The second kappa shape index (κ2) is 7.43. The Balaban J connectivity index is 1.85. The zero-order valence-electron chi connectivity index (χ0n) is 15.2. The summed E-state index contributed by atoms with van der Waals surface area (Å²) in [5.41, 5.74) is 8.20. The van der Waals surface area contributed by atoms with Gasteiger partial charge in [0, 0.05) is 11.1 Å². The molecule has 1 aliphatic heterocycles. The van der Waals surface area contributed by atoms with Gasteiger partial charge in [0.15, 0.2) is 11.5 Å². The second-order valence-electron chi connectivity index (χ2n) is 5.67. The number of nitrogen functional groups attached to an aromatic ring is 1. The van der Waals surface area contributed by atoms with Crippen LogP contribution < -0.4 is 24.7 Å².